The van der Waals surface area contributed by atoms with Gasteiger partial charge >= 0.3 is 0 Å². The maximum absolute atomic E-state index is 13.2. The fourth-order valence-corrected chi connectivity index (χ4v) is 5.61. The number of hydrogen-bond donors (Lipinski definition) is 3. The van der Waals surface area contributed by atoms with E-state index in [-0.39, 0.29) is 17.9 Å². The van der Waals surface area contributed by atoms with Crippen molar-refractivity contribution in [2.24, 2.45) is 5.92 Å². The molecule has 2 atom stereocenters. The van der Waals surface area contributed by atoms with Gasteiger partial charge in [-0.05, 0) is 50.5 Å². The van der Waals surface area contributed by atoms with Crippen LogP contribution in [-0.4, -0.2) is 34.9 Å². The Bertz CT molecular complexity index is 1240. The number of thiophene rings is 1. The highest BCUT2D eigenvalue weighted by molar-refractivity contribution is 7.14. The quantitative estimate of drug-likeness (QED) is 0.291. The summed E-state index contributed by atoms with van der Waals surface area (Å²) in [6, 6.07) is 8.23. The Balaban J connectivity index is 1.44. The zero-order valence-electron chi connectivity index (χ0n) is 21.2. The molecular weight excluding hydrogens is 510 g/mol. The zero-order valence-corrected chi connectivity index (χ0v) is 22.8. The summed E-state index contributed by atoms with van der Waals surface area (Å²) in [4.78, 5) is 36.4. The first-order valence-electron chi connectivity index (χ1n) is 12.4. The van der Waals surface area contributed by atoms with Crippen molar-refractivity contribution < 1.29 is 14.3 Å². The molecule has 37 heavy (non-hydrogen) atoms. The van der Waals surface area contributed by atoms with E-state index in [0.717, 1.165) is 41.9 Å². The first-order chi connectivity index (χ1) is 17.8. The molecule has 0 radical (unpaired) electrons. The molecule has 10 heteroatoms. The van der Waals surface area contributed by atoms with E-state index >= 15 is 0 Å². The molecule has 1 fully saturated rings. The maximum Gasteiger partial charge on any atom is 0.262 e. The standard InChI is InChI=1S/C27H32ClN5O3S/c1-16-21(13-19(28)15-30-16)31-17(2)23-8-9-24(37-23)27(35)33-22(12-18-6-4-5-7-18)26(34)32-20-10-11-29-25(14-20)36-3/h8-11,13-15,17-18,22,31H,4-7,12H2,1-3H3,(H,33,35)(H,29,32,34). The second-order valence-corrected chi connectivity index (χ2v) is 10.9. The maximum atomic E-state index is 13.2. The lowest BCUT2D eigenvalue weighted by Gasteiger charge is -2.21. The Morgan fingerprint density at radius 3 is 2.73 bits per heavy atom. The molecule has 3 N–H and O–H groups in total. The van der Waals surface area contributed by atoms with Gasteiger partial charge in [-0.1, -0.05) is 37.3 Å². The number of carbonyl (C=O) groups is 2. The molecule has 0 aliphatic heterocycles. The van der Waals surface area contributed by atoms with Gasteiger partial charge in [0.1, 0.15) is 6.04 Å². The van der Waals surface area contributed by atoms with Crippen LogP contribution in [0.2, 0.25) is 5.02 Å². The van der Waals surface area contributed by atoms with Gasteiger partial charge in [0.05, 0.1) is 34.4 Å². The average Bonchev–Trinajstić information content (AvgIpc) is 3.58. The molecule has 0 aromatic carbocycles. The molecule has 0 saturated heterocycles. The van der Waals surface area contributed by atoms with Crippen LogP contribution in [0.15, 0.2) is 42.7 Å². The van der Waals surface area contributed by atoms with Crippen molar-refractivity contribution >= 4 is 46.1 Å². The fourth-order valence-electron chi connectivity index (χ4n) is 4.53. The summed E-state index contributed by atoms with van der Waals surface area (Å²) in [6.45, 7) is 3.93. The lowest BCUT2D eigenvalue weighted by atomic mass is 9.97. The Morgan fingerprint density at radius 2 is 1.97 bits per heavy atom. The third kappa shape index (κ3) is 7.20. The molecule has 3 heterocycles. The van der Waals surface area contributed by atoms with Gasteiger partial charge in [-0.3, -0.25) is 14.6 Å². The molecule has 8 nitrogen and oxygen atoms in total. The van der Waals surface area contributed by atoms with Gasteiger partial charge in [0.15, 0.2) is 0 Å². The molecule has 3 aromatic rings. The molecule has 0 spiro atoms. The van der Waals surface area contributed by atoms with Gasteiger partial charge in [-0.25, -0.2) is 4.98 Å². The first-order valence-corrected chi connectivity index (χ1v) is 13.6. The van der Waals surface area contributed by atoms with E-state index < -0.39 is 6.04 Å². The van der Waals surface area contributed by atoms with E-state index in [2.05, 4.69) is 25.9 Å². The Morgan fingerprint density at radius 1 is 1.19 bits per heavy atom. The van der Waals surface area contributed by atoms with E-state index in [1.807, 2.05) is 26.0 Å². The molecule has 0 bridgehead atoms. The van der Waals surface area contributed by atoms with Crippen molar-refractivity contribution in [3.63, 3.8) is 0 Å². The Hall–Kier alpha value is -3.17. The van der Waals surface area contributed by atoms with Gasteiger partial charge in [0, 0.05) is 29.0 Å². The number of hydrogen-bond acceptors (Lipinski definition) is 7. The minimum Gasteiger partial charge on any atom is -0.481 e. The van der Waals surface area contributed by atoms with Crippen LogP contribution in [0.25, 0.3) is 0 Å². The number of methoxy groups -OCH3 is 1. The van der Waals surface area contributed by atoms with Gasteiger partial charge in [0.25, 0.3) is 5.91 Å². The molecular formula is C27H32ClN5O3S. The molecule has 196 valence electrons. The fraction of sp³-hybridized carbons (Fsp3) is 0.407. The number of aryl methyl sites for hydroxylation is 1. The van der Waals surface area contributed by atoms with E-state index in [0.29, 0.717) is 33.8 Å². The second kappa shape index (κ2) is 12.4. The Kier molecular flexibility index (Phi) is 9.00. The van der Waals surface area contributed by atoms with E-state index in [9.17, 15) is 9.59 Å². The van der Waals surface area contributed by atoms with Gasteiger partial charge in [-0.15, -0.1) is 11.3 Å². The first kappa shape index (κ1) is 26.9. The van der Waals surface area contributed by atoms with Crippen LogP contribution in [0.3, 0.4) is 0 Å². The summed E-state index contributed by atoms with van der Waals surface area (Å²) < 4.78 is 5.15. The number of halogens is 1. The monoisotopic (exact) mass is 541 g/mol. The van der Waals surface area contributed by atoms with Crippen LogP contribution in [0, 0.1) is 12.8 Å². The van der Waals surface area contributed by atoms with Gasteiger partial charge in [0.2, 0.25) is 11.8 Å². The molecule has 2 amide bonds. The molecule has 2 unspecified atom stereocenters. The highest BCUT2D eigenvalue weighted by Crippen LogP contribution is 2.30. The largest absolute Gasteiger partial charge is 0.481 e. The molecule has 1 aliphatic rings. The van der Waals surface area contributed by atoms with Crippen molar-refractivity contribution in [2.45, 2.75) is 58.0 Å². The normalized spacial score (nSPS) is 15.1. The van der Waals surface area contributed by atoms with E-state index in [4.69, 9.17) is 16.3 Å². The number of carbonyl (C=O) groups excluding carboxylic acids is 2. The van der Waals surface area contributed by atoms with Crippen molar-refractivity contribution in [3.8, 4) is 5.88 Å². The number of nitrogens with one attached hydrogen (secondary N) is 3. The summed E-state index contributed by atoms with van der Waals surface area (Å²) >= 11 is 7.50. The van der Waals surface area contributed by atoms with Crippen molar-refractivity contribution in [1.82, 2.24) is 15.3 Å². The van der Waals surface area contributed by atoms with Crippen molar-refractivity contribution in [1.29, 1.82) is 0 Å². The van der Waals surface area contributed by atoms with Crippen LogP contribution >= 0.6 is 22.9 Å². The predicted molar refractivity (Wildman–Crippen MR) is 148 cm³/mol. The topological polar surface area (TPSA) is 105 Å². The zero-order chi connectivity index (χ0) is 26.4. The highest BCUT2D eigenvalue weighted by Gasteiger charge is 2.28. The van der Waals surface area contributed by atoms with Crippen LogP contribution in [-0.2, 0) is 4.79 Å². The number of ether oxygens (including phenoxy) is 1. The average molecular weight is 542 g/mol. The summed E-state index contributed by atoms with van der Waals surface area (Å²) in [5.41, 5.74) is 2.27. The van der Waals surface area contributed by atoms with Crippen LogP contribution in [0.5, 0.6) is 5.88 Å². The summed E-state index contributed by atoms with van der Waals surface area (Å²) in [5, 5.41) is 9.88. The Labute approximate surface area is 226 Å². The van der Waals surface area contributed by atoms with Crippen LogP contribution < -0.4 is 20.7 Å². The lowest BCUT2D eigenvalue weighted by Crippen LogP contribution is -2.44. The minimum absolute atomic E-state index is 0.0511. The lowest BCUT2D eigenvalue weighted by molar-refractivity contribution is -0.118. The molecule has 1 saturated carbocycles. The number of amides is 2. The van der Waals surface area contributed by atoms with Crippen LogP contribution in [0.1, 0.15) is 65.3 Å². The number of anilines is 2. The van der Waals surface area contributed by atoms with E-state index in [1.54, 1.807) is 30.6 Å². The predicted octanol–water partition coefficient (Wildman–Crippen LogP) is 6.00. The van der Waals surface area contributed by atoms with Crippen molar-refractivity contribution in [3.05, 3.63) is 63.2 Å². The summed E-state index contributed by atoms with van der Waals surface area (Å²) in [7, 11) is 1.52. The van der Waals surface area contributed by atoms with Gasteiger partial charge in [-0.2, -0.15) is 0 Å². The molecule has 4 rings (SSSR count). The van der Waals surface area contributed by atoms with E-state index in [1.165, 1.54) is 18.4 Å². The van der Waals surface area contributed by atoms with Gasteiger partial charge < -0.3 is 20.7 Å². The van der Waals surface area contributed by atoms with Crippen LogP contribution in [0.4, 0.5) is 11.4 Å². The summed E-state index contributed by atoms with van der Waals surface area (Å²) in [5.74, 6) is 0.325. The smallest absolute Gasteiger partial charge is 0.262 e. The second-order valence-electron chi connectivity index (χ2n) is 9.34. The van der Waals surface area contributed by atoms with Crippen molar-refractivity contribution in [2.75, 3.05) is 17.7 Å². The molecule has 3 aromatic heterocycles. The number of aromatic nitrogens is 2. The number of nitrogens with zero attached hydrogens (tertiary/aromatic N) is 2. The minimum atomic E-state index is -0.643. The highest BCUT2D eigenvalue weighted by atomic mass is 35.5. The summed E-state index contributed by atoms with van der Waals surface area (Å²) in [6.07, 6.45) is 8.27. The molecule has 1 aliphatic carbocycles. The third-order valence-corrected chi connectivity index (χ3v) is 8.05. The number of pyridine rings is 2. The third-order valence-electron chi connectivity index (χ3n) is 6.58. The number of rotatable bonds is 10. The SMILES string of the molecule is COc1cc(NC(=O)C(CC2CCCC2)NC(=O)c2ccc(C(C)Nc3cc(Cl)cnc3C)s2)ccn1.